The topological polar surface area (TPSA) is 68.3 Å². The van der Waals surface area contributed by atoms with Crippen LogP contribution in [0.4, 0.5) is 0 Å². The number of rotatable bonds is 7. The van der Waals surface area contributed by atoms with Crippen LogP contribution in [0.1, 0.15) is 11.1 Å². The molecule has 0 spiro atoms. The number of benzene rings is 1. The van der Waals surface area contributed by atoms with Crippen molar-refractivity contribution in [2.24, 2.45) is 0 Å². The molecule has 118 valence electrons. The molecule has 1 heterocycles. The Morgan fingerprint density at radius 1 is 1.14 bits per heavy atom. The van der Waals surface area contributed by atoms with Crippen LogP contribution in [0.5, 0.6) is 5.75 Å². The molecule has 0 saturated heterocycles. The maximum atomic E-state index is 12.0. The molecule has 0 atom stereocenters. The second-order valence-corrected chi connectivity index (χ2v) is 6.93. The second kappa shape index (κ2) is 7.58. The van der Waals surface area contributed by atoms with Crippen molar-refractivity contribution in [1.29, 1.82) is 0 Å². The van der Waals surface area contributed by atoms with E-state index in [-0.39, 0.29) is 5.75 Å². The van der Waals surface area contributed by atoms with Gasteiger partial charge in [-0.3, -0.25) is 0 Å². The number of halogens is 1. The molecule has 0 aliphatic heterocycles. The van der Waals surface area contributed by atoms with Crippen LogP contribution in [0.3, 0.4) is 0 Å². The third kappa shape index (κ3) is 5.29. The zero-order chi connectivity index (χ0) is 16.0. The highest BCUT2D eigenvalue weighted by Gasteiger charge is 2.11. The highest BCUT2D eigenvalue weighted by molar-refractivity contribution is 7.88. The summed E-state index contributed by atoms with van der Waals surface area (Å²) in [5.41, 5.74) is 1.64. The molecule has 7 heteroatoms. The van der Waals surface area contributed by atoms with E-state index in [0.29, 0.717) is 23.7 Å². The van der Waals surface area contributed by atoms with Crippen LogP contribution in [-0.2, 0) is 22.2 Å². The molecule has 5 nitrogen and oxygen atoms in total. The van der Waals surface area contributed by atoms with Gasteiger partial charge in [-0.15, -0.1) is 0 Å². The lowest BCUT2D eigenvalue weighted by atomic mass is 10.1. The van der Waals surface area contributed by atoms with Crippen molar-refractivity contribution < 1.29 is 13.2 Å². The van der Waals surface area contributed by atoms with Crippen LogP contribution in [0.2, 0.25) is 5.15 Å². The van der Waals surface area contributed by atoms with Crippen molar-refractivity contribution in [2.45, 2.75) is 12.2 Å². The third-order valence-corrected chi connectivity index (χ3v) is 4.62. The minimum Gasteiger partial charge on any atom is -0.497 e. The van der Waals surface area contributed by atoms with E-state index >= 15 is 0 Å². The largest absolute Gasteiger partial charge is 0.497 e. The van der Waals surface area contributed by atoms with E-state index in [2.05, 4.69) is 9.71 Å². The molecule has 2 aromatic rings. The van der Waals surface area contributed by atoms with Crippen LogP contribution in [0, 0.1) is 0 Å². The van der Waals surface area contributed by atoms with E-state index in [4.69, 9.17) is 16.3 Å². The van der Waals surface area contributed by atoms with Crippen molar-refractivity contribution in [2.75, 3.05) is 13.7 Å². The number of aromatic nitrogens is 1. The van der Waals surface area contributed by atoms with Gasteiger partial charge in [0, 0.05) is 12.7 Å². The van der Waals surface area contributed by atoms with Crippen LogP contribution in [0.15, 0.2) is 42.6 Å². The number of nitrogens with one attached hydrogen (secondary N) is 1. The molecule has 0 aliphatic carbocycles. The van der Waals surface area contributed by atoms with Gasteiger partial charge in [0.2, 0.25) is 10.0 Å². The van der Waals surface area contributed by atoms with Crippen LogP contribution < -0.4 is 9.46 Å². The zero-order valence-corrected chi connectivity index (χ0v) is 13.7. The molecule has 0 amide bonds. The van der Waals surface area contributed by atoms with Gasteiger partial charge in [0.25, 0.3) is 0 Å². The van der Waals surface area contributed by atoms with E-state index in [0.717, 1.165) is 11.3 Å². The summed E-state index contributed by atoms with van der Waals surface area (Å²) in [6.45, 7) is 0.343. The molecule has 1 aromatic heterocycles. The number of hydrogen-bond donors (Lipinski definition) is 1. The number of sulfonamides is 1. The fraction of sp³-hybridized carbons (Fsp3) is 0.267. The van der Waals surface area contributed by atoms with Gasteiger partial charge in [0.05, 0.1) is 12.9 Å². The molecule has 0 bridgehead atoms. The second-order valence-electron chi connectivity index (χ2n) is 4.74. The number of hydrogen-bond acceptors (Lipinski definition) is 4. The Morgan fingerprint density at radius 2 is 1.82 bits per heavy atom. The van der Waals surface area contributed by atoms with Gasteiger partial charge >= 0.3 is 0 Å². The molecule has 0 radical (unpaired) electrons. The molecule has 1 aromatic carbocycles. The summed E-state index contributed by atoms with van der Waals surface area (Å²) in [6, 6.07) is 10.8. The Labute approximate surface area is 135 Å². The summed E-state index contributed by atoms with van der Waals surface area (Å²) in [5.74, 6) is 0.666. The maximum absolute atomic E-state index is 12.0. The van der Waals surface area contributed by atoms with Gasteiger partial charge < -0.3 is 4.74 Å². The Morgan fingerprint density at radius 3 is 2.41 bits per heavy atom. The highest BCUT2D eigenvalue weighted by atomic mass is 35.5. The standard InChI is InChI=1S/C15H17ClN2O3S/c1-21-14-5-2-12(3-6-14)8-9-18-22(19,20)11-13-4-7-15(16)17-10-13/h2-7,10,18H,8-9,11H2,1H3. The van der Waals surface area contributed by atoms with Gasteiger partial charge in [-0.2, -0.15) is 0 Å². The first kappa shape index (κ1) is 16.7. The molecule has 2 rings (SSSR count). The van der Waals surface area contributed by atoms with Gasteiger partial charge in [0.1, 0.15) is 10.9 Å². The van der Waals surface area contributed by atoms with E-state index in [1.54, 1.807) is 19.2 Å². The summed E-state index contributed by atoms with van der Waals surface area (Å²) < 4.78 is 31.6. The fourth-order valence-corrected chi connectivity index (χ4v) is 3.14. The highest BCUT2D eigenvalue weighted by Crippen LogP contribution is 2.12. The molecule has 0 unspecified atom stereocenters. The van der Waals surface area contributed by atoms with Crippen LogP contribution in [0.25, 0.3) is 0 Å². The lowest BCUT2D eigenvalue weighted by Crippen LogP contribution is -2.27. The normalized spacial score (nSPS) is 11.4. The lowest BCUT2D eigenvalue weighted by Gasteiger charge is -2.07. The molecular weight excluding hydrogens is 324 g/mol. The fourth-order valence-electron chi connectivity index (χ4n) is 1.91. The third-order valence-electron chi connectivity index (χ3n) is 3.04. The number of methoxy groups -OCH3 is 1. The summed E-state index contributed by atoms with van der Waals surface area (Å²) >= 11 is 5.67. The average Bonchev–Trinajstić information content (AvgIpc) is 2.50. The van der Waals surface area contributed by atoms with Gasteiger partial charge in [0.15, 0.2) is 0 Å². The number of nitrogens with zero attached hydrogens (tertiary/aromatic N) is 1. The molecule has 0 aliphatic rings. The predicted octanol–water partition coefficient (Wildman–Crippen LogP) is 2.41. The Kier molecular flexibility index (Phi) is 5.76. The first-order valence-corrected chi connectivity index (χ1v) is 8.72. The van der Waals surface area contributed by atoms with Crippen LogP contribution in [-0.4, -0.2) is 27.1 Å². The van der Waals surface area contributed by atoms with Crippen molar-refractivity contribution in [3.8, 4) is 5.75 Å². The summed E-state index contributed by atoms with van der Waals surface area (Å²) in [7, 11) is -1.78. The van der Waals surface area contributed by atoms with Gasteiger partial charge in [-0.05, 0) is 35.7 Å². The number of ether oxygens (including phenoxy) is 1. The molecule has 22 heavy (non-hydrogen) atoms. The van der Waals surface area contributed by atoms with Gasteiger partial charge in [-0.25, -0.2) is 18.1 Å². The molecular formula is C15H17ClN2O3S. The predicted molar refractivity (Wildman–Crippen MR) is 86.6 cm³/mol. The van der Waals surface area contributed by atoms with E-state index in [1.807, 2.05) is 24.3 Å². The minimum atomic E-state index is -3.39. The Bertz CT molecular complexity index is 701. The molecule has 0 fully saturated rings. The van der Waals surface area contributed by atoms with Crippen molar-refractivity contribution >= 4 is 21.6 Å². The van der Waals surface area contributed by atoms with Crippen molar-refractivity contribution in [3.63, 3.8) is 0 Å². The smallest absolute Gasteiger partial charge is 0.215 e. The summed E-state index contributed by atoms with van der Waals surface area (Å²) in [4.78, 5) is 3.87. The van der Waals surface area contributed by atoms with Crippen molar-refractivity contribution in [1.82, 2.24) is 9.71 Å². The first-order valence-electron chi connectivity index (χ1n) is 6.69. The Balaban J connectivity index is 1.85. The maximum Gasteiger partial charge on any atom is 0.215 e. The van der Waals surface area contributed by atoms with E-state index < -0.39 is 10.0 Å². The number of pyridine rings is 1. The van der Waals surface area contributed by atoms with E-state index in [9.17, 15) is 8.42 Å². The van der Waals surface area contributed by atoms with Crippen molar-refractivity contribution in [3.05, 3.63) is 58.9 Å². The molecule has 1 N–H and O–H groups in total. The average molecular weight is 341 g/mol. The zero-order valence-electron chi connectivity index (χ0n) is 12.1. The quantitative estimate of drug-likeness (QED) is 0.786. The monoisotopic (exact) mass is 340 g/mol. The SMILES string of the molecule is COc1ccc(CCNS(=O)(=O)Cc2ccc(Cl)nc2)cc1. The summed E-state index contributed by atoms with van der Waals surface area (Å²) in [5, 5.41) is 0.341. The van der Waals surface area contributed by atoms with E-state index in [1.165, 1.54) is 6.20 Å². The van der Waals surface area contributed by atoms with Gasteiger partial charge in [-0.1, -0.05) is 29.8 Å². The molecule has 0 saturated carbocycles. The first-order chi connectivity index (χ1) is 10.5. The lowest BCUT2D eigenvalue weighted by molar-refractivity contribution is 0.414. The van der Waals surface area contributed by atoms with Crippen LogP contribution >= 0.6 is 11.6 Å². The minimum absolute atomic E-state index is 0.111. The summed E-state index contributed by atoms with van der Waals surface area (Å²) in [6.07, 6.45) is 2.08. The Hall–Kier alpha value is -1.63.